The Morgan fingerprint density at radius 1 is 1.29 bits per heavy atom. The molecule has 7 nitrogen and oxygen atoms in total. The number of carbonyl (C=O) groups excluding carboxylic acids is 1. The largest absolute Gasteiger partial charge is 0.497 e. The number of hydrogen-bond donors (Lipinski definition) is 3. The summed E-state index contributed by atoms with van der Waals surface area (Å²) in [6, 6.07) is 7.32. The summed E-state index contributed by atoms with van der Waals surface area (Å²) in [6.07, 6.45) is 0.871. The minimum atomic E-state index is -0.176. The summed E-state index contributed by atoms with van der Waals surface area (Å²) >= 11 is 0. The Labute approximate surface area is 146 Å². The van der Waals surface area contributed by atoms with Gasteiger partial charge in [-0.1, -0.05) is 0 Å². The minimum Gasteiger partial charge on any atom is -0.497 e. The van der Waals surface area contributed by atoms with E-state index in [1.807, 2.05) is 24.3 Å². The number of benzene rings is 1. The molecular formula is C16H21ClN4O3. The molecule has 0 radical (unpaired) electrons. The lowest BCUT2D eigenvalue weighted by molar-refractivity contribution is 0.0941. The number of aromatic nitrogens is 2. The first-order valence-electron chi connectivity index (χ1n) is 7.60. The van der Waals surface area contributed by atoms with E-state index < -0.39 is 0 Å². The van der Waals surface area contributed by atoms with Gasteiger partial charge in [0.15, 0.2) is 5.69 Å². The molecule has 1 aromatic heterocycles. The average Bonchev–Trinajstić information content (AvgIpc) is 3.03. The first-order chi connectivity index (χ1) is 11.3. The SMILES string of the molecule is COc1ccc(OCCNC(=O)c2n[nH]c3c2CNCC3)cc1.Cl. The van der Waals surface area contributed by atoms with Crippen molar-refractivity contribution in [2.24, 2.45) is 0 Å². The van der Waals surface area contributed by atoms with Gasteiger partial charge >= 0.3 is 0 Å². The number of methoxy groups -OCH3 is 1. The molecule has 0 aliphatic carbocycles. The van der Waals surface area contributed by atoms with E-state index in [1.54, 1.807) is 7.11 Å². The quantitative estimate of drug-likeness (QED) is 0.682. The van der Waals surface area contributed by atoms with Crippen molar-refractivity contribution in [3.05, 3.63) is 41.2 Å². The topological polar surface area (TPSA) is 88.3 Å². The van der Waals surface area contributed by atoms with Crippen LogP contribution in [0.25, 0.3) is 0 Å². The molecule has 0 saturated heterocycles. The summed E-state index contributed by atoms with van der Waals surface area (Å²) in [5.41, 5.74) is 2.48. The summed E-state index contributed by atoms with van der Waals surface area (Å²) in [5.74, 6) is 1.34. The molecule has 1 aromatic carbocycles. The summed E-state index contributed by atoms with van der Waals surface area (Å²) in [4.78, 5) is 12.2. The third-order valence-electron chi connectivity index (χ3n) is 3.74. The number of rotatable bonds is 6. The molecule has 1 aliphatic heterocycles. The number of nitrogens with one attached hydrogen (secondary N) is 3. The summed E-state index contributed by atoms with van der Waals surface area (Å²) in [6.45, 7) is 2.39. The fraction of sp³-hybridized carbons (Fsp3) is 0.375. The average molecular weight is 353 g/mol. The van der Waals surface area contributed by atoms with Crippen molar-refractivity contribution >= 4 is 18.3 Å². The molecular weight excluding hydrogens is 332 g/mol. The Kier molecular flexibility index (Phi) is 6.45. The Morgan fingerprint density at radius 2 is 2.04 bits per heavy atom. The van der Waals surface area contributed by atoms with Crippen LogP contribution >= 0.6 is 12.4 Å². The second-order valence-electron chi connectivity index (χ2n) is 5.24. The second-order valence-corrected chi connectivity index (χ2v) is 5.24. The standard InChI is InChI=1S/C16H20N4O3.ClH/c1-22-11-2-4-12(5-3-11)23-9-8-18-16(21)15-13-10-17-7-6-14(13)19-20-15;/h2-5,17H,6-10H2,1H3,(H,18,21)(H,19,20);1H. The van der Waals surface area contributed by atoms with Crippen molar-refractivity contribution in [3.63, 3.8) is 0 Å². The van der Waals surface area contributed by atoms with Gasteiger partial charge in [-0.2, -0.15) is 5.10 Å². The lowest BCUT2D eigenvalue weighted by atomic mass is 10.1. The van der Waals surface area contributed by atoms with E-state index in [0.29, 0.717) is 25.4 Å². The van der Waals surface area contributed by atoms with E-state index in [2.05, 4.69) is 20.8 Å². The van der Waals surface area contributed by atoms with Crippen LogP contribution in [-0.4, -0.2) is 42.9 Å². The highest BCUT2D eigenvalue weighted by molar-refractivity contribution is 5.94. The zero-order valence-electron chi connectivity index (χ0n) is 13.4. The summed E-state index contributed by atoms with van der Waals surface area (Å²) in [5, 5.41) is 13.1. The molecule has 130 valence electrons. The maximum atomic E-state index is 12.2. The van der Waals surface area contributed by atoms with Crippen LogP contribution in [0.2, 0.25) is 0 Å². The van der Waals surface area contributed by atoms with Gasteiger partial charge in [-0.05, 0) is 24.3 Å². The molecule has 0 unspecified atom stereocenters. The maximum Gasteiger partial charge on any atom is 0.272 e. The molecule has 8 heteroatoms. The summed E-state index contributed by atoms with van der Waals surface area (Å²) < 4.78 is 10.7. The number of hydrogen-bond acceptors (Lipinski definition) is 5. The smallest absolute Gasteiger partial charge is 0.272 e. The molecule has 0 atom stereocenters. The van der Waals surface area contributed by atoms with Crippen molar-refractivity contribution < 1.29 is 14.3 Å². The number of H-pyrrole nitrogens is 1. The molecule has 0 bridgehead atoms. The van der Waals surface area contributed by atoms with E-state index in [-0.39, 0.29) is 18.3 Å². The van der Waals surface area contributed by atoms with Gasteiger partial charge in [-0.3, -0.25) is 9.89 Å². The normalized spacial score (nSPS) is 12.7. The number of amides is 1. The summed E-state index contributed by atoms with van der Waals surface area (Å²) in [7, 11) is 1.62. The second kappa shape index (κ2) is 8.56. The molecule has 1 amide bonds. The van der Waals surface area contributed by atoms with Crippen molar-refractivity contribution in [1.82, 2.24) is 20.8 Å². The van der Waals surface area contributed by atoms with E-state index in [4.69, 9.17) is 9.47 Å². The van der Waals surface area contributed by atoms with Crippen LogP contribution in [0.1, 0.15) is 21.7 Å². The molecule has 2 heterocycles. The van der Waals surface area contributed by atoms with Crippen molar-refractivity contribution in [3.8, 4) is 11.5 Å². The van der Waals surface area contributed by atoms with E-state index in [9.17, 15) is 4.79 Å². The van der Waals surface area contributed by atoms with Gasteiger partial charge in [0, 0.05) is 30.8 Å². The zero-order chi connectivity index (χ0) is 16.1. The number of nitrogens with zero attached hydrogens (tertiary/aromatic N) is 1. The molecule has 0 fully saturated rings. The van der Waals surface area contributed by atoms with Crippen molar-refractivity contribution in [2.45, 2.75) is 13.0 Å². The van der Waals surface area contributed by atoms with Crippen LogP contribution in [0.4, 0.5) is 0 Å². The Hall–Kier alpha value is -2.25. The molecule has 2 aromatic rings. The minimum absolute atomic E-state index is 0. The number of fused-ring (bicyclic) bond motifs is 1. The van der Waals surface area contributed by atoms with E-state index in [1.165, 1.54) is 0 Å². The highest BCUT2D eigenvalue weighted by Gasteiger charge is 2.21. The molecule has 0 spiro atoms. The molecule has 24 heavy (non-hydrogen) atoms. The van der Waals surface area contributed by atoms with Gasteiger partial charge in [0.1, 0.15) is 18.1 Å². The van der Waals surface area contributed by atoms with Crippen LogP contribution in [-0.2, 0) is 13.0 Å². The first-order valence-corrected chi connectivity index (χ1v) is 7.60. The lowest BCUT2D eigenvalue weighted by Gasteiger charge is -2.13. The van der Waals surface area contributed by atoms with Crippen LogP contribution in [0.15, 0.2) is 24.3 Å². The Morgan fingerprint density at radius 3 is 2.79 bits per heavy atom. The van der Waals surface area contributed by atoms with Gasteiger partial charge in [0.25, 0.3) is 5.91 Å². The number of carbonyl (C=O) groups is 1. The van der Waals surface area contributed by atoms with Gasteiger partial charge in [0.2, 0.25) is 0 Å². The third-order valence-corrected chi connectivity index (χ3v) is 3.74. The predicted octanol–water partition coefficient (Wildman–Crippen LogP) is 1.29. The predicted molar refractivity (Wildman–Crippen MR) is 92.1 cm³/mol. The Balaban J connectivity index is 0.00000208. The number of aromatic amines is 1. The van der Waals surface area contributed by atoms with E-state index in [0.717, 1.165) is 35.7 Å². The highest BCUT2D eigenvalue weighted by atomic mass is 35.5. The Bertz CT molecular complexity index is 672. The number of ether oxygens (including phenoxy) is 2. The van der Waals surface area contributed by atoms with Gasteiger partial charge in [-0.15, -0.1) is 12.4 Å². The molecule has 1 aliphatic rings. The van der Waals surface area contributed by atoms with Crippen LogP contribution < -0.4 is 20.1 Å². The first kappa shape index (κ1) is 18.1. The number of halogens is 1. The fourth-order valence-corrected chi connectivity index (χ4v) is 2.50. The van der Waals surface area contributed by atoms with Crippen LogP contribution in [0.5, 0.6) is 11.5 Å². The zero-order valence-corrected chi connectivity index (χ0v) is 14.2. The van der Waals surface area contributed by atoms with Crippen LogP contribution in [0.3, 0.4) is 0 Å². The maximum absolute atomic E-state index is 12.2. The van der Waals surface area contributed by atoms with Gasteiger partial charge in [-0.25, -0.2) is 0 Å². The molecule has 3 rings (SSSR count). The molecule has 0 saturated carbocycles. The monoisotopic (exact) mass is 352 g/mol. The van der Waals surface area contributed by atoms with Gasteiger partial charge in [0.05, 0.1) is 13.7 Å². The van der Waals surface area contributed by atoms with E-state index >= 15 is 0 Å². The van der Waals surface area contributed by atoms with Gasteiger partial charge < -0.3 is 20.1 Å². The van der Waals surface area contributed by atoms with Crippen LogP contribution in [0, 0.1) is 0 Å². The third kappa shape index (κ3) is 4.18. The molecule has 3 N–H and O–H groups in total. The van der Waals surface area contributed by atoms with Crippen molar-refractivity contribution in [1.29, 1.82) is 0 Å². The fourth-order valence-electron chi connectivity index (χ4n) is 2.50. The highest BCUT2D eigenvalue weighted by Crippen LogP contribution is 2.17. The lowest BCUT2D eigenvalue weighted by Crippen LogP contribution is -2.31. The van der Waals surface area contributed by atoms with Crippen molar-refractivity contribution in [2.75, 3.05) is 26.8 Å².